The van der Waals surface area contributed by atoms with E-state index in [9.17, 15) is 31.9 Å². The van der Waals surface area contributed by atoms with Crippen LogP contribution in [0.3, 0.4) is 0 Å². The van der Waals surface area contributed by atoms with Crippen molar-refractivity contribution in [2.24, 2.45) is 0 Å². The van der Waals surface area contributed by atoms with Gasteiger partial charge in [0.2, 0.25) is 0 Å². The zero-order valence-electron chi connectivity index (χ0n) is 63.8. The molecule has 36 heteroatoms. The van der Waals surface area contributed by atoms with Gasteiger partial charge in [0.25, 0.3) is 7.48 Å². The Morgan fingerprint density at radius 1 is 0.492 bits per heavy atom. The van der Waals surface area contributed by atoms with Gasteiger partial charge in [0, 0.05) is 111 Å². The van der Waals surface area contributed by atoms with E-state index >= 15 is 13.2 Å². The SMILES string of the molecule is CCOC(=O)c1cccc(S)c1F.CCOC(=O)c1cccc(Sc2c(Br)n(-c3cnn(CC)c3)c3c(F)c(Cl)ccc23)c1F.CCOC(=O)c1cccc(Sc2cn(-c3cnn(CC)c3)c3c(F)c(Cl)ccc23)c1F.CCn1cc(-n2ccc3ccc(Cl)c(F)c32)cn1.CCn1cc(Br)cn1.Fc1c(Cl)ccc2cc[nH]c12.O[B]C1CC1. The number of rotatable bonds is 18. The highest BCUT2D eigenvalue weighted by Crippen LogP contribution is 2.46. The zero-order chi connectivity index (χ0) is 85.2. The van der Waals surface area contributed by atoms with Crippen LogP contribution in [0.1, 0.15) is 92.4 Å². The third-order valence-corrected chi connectivity index (χ3v) is 22.5. The topological polar surface area (TPSA) is 201 Å². The Balaban J connectivity index is 0.000000156. The van der Waals surface area contributed by atoms with Crippen LogP contribution in [0.25, 0.3) is 60.7 Å². The van der Waals surface area contributed by atoms with Crippen LogP contribution in [-0.2, 0) is 40.4 Å². The van der Waals surface area contributed by atoms with Gasteiger partial charge >= 0.3 is 17.9 Å². The highest BCUT2D eigenvalue weighted by Gasteiger charge is 2.27. The fourth-order valence-corrected chi connectivity index (χ4v) is 15.3. The van der Waals surface area contributed by atoms with Gasteiger partial charge in [-0.2, -0.15) is 20.4 Å². The first-order valence-corrected chi connectivity index (χ1v) is 41.6. The van der Waals surface area contributed by atoms with E-state index in [1.807, 2.05) is 56.2 Å². The molecule has 0 aliphatic heterocycles. The molecule has 0 amide bonds. The molecule has 1 saturated carbocycles. The maximum Gasteiger partial charge on any atom is 0.341 e. The lowest BCUT2D eigenvalue weighted by Gasteiger charge is -2.08. The molecule has 2 N–H and O–H groups in total. The monoisotopic (exact) mass is 1880 g/mol. The van der Waals surface area contributed by atoms with Crippen LogP contribution in [0.5, 0.6) is 0 Å². The molecule has 0 saturated heterocycles. The summed E-state index contributed by atoms with van der Waals surface area (Å²) in [6, 6.07) is 30.1. The predicted octanol–water partition coefficient (Wildman–Crippen LogP) is 23.7. The molecule has 1 radical (unpaired) electrons. The number of esters is 3. The highest BCUT2D eigenvalue weighted by atomic mass is 79.9. The average Bonchev–Trinajstić information content (AvgIpc) is 1.59. The second-order valence-corrected chi connectivity index (χ2v) is 30.9. The van der Waals surface area contributed by atoms with Gasteiger partial charge in [-0.15, -0.1) is 12.6 Å². The summed E-state index contributed by atoms with van der Waals surface area (Å²) in [5.74, 6) is -5.52. The minimum absolute atomic E-state index is 0.0122. The third-order valence-electron chi connectivity index (χ3n) is 17.3. The van der Waals surface area contributed by atoms with Crippen LogP contribution >= 0.6 is 114 Å². The van der Waals surface area contributed by atoms with Crippen molar-refractivity contribution in [3.8, 4) is 17.1 Å². The van der Waals surface area contributed by atoms with Gasteiger partial charge in [0.1, 0.15) is 4.60 Å². The fourth-order valence-electron chi connectivity index (χ4n) is 11.3. The number of ether oxygens (including phenoxy) is 3. The molecule has 1 aliphatic carbocycles. The molecule has 0 bridgehead atoms. The number of fused-ring (bicyclic) bond motifs is 4. The Morgan fingerprint density at radius 3 is 1.43 bits per heavy atom. The van der Waals surface area contributed by atoms with Crippen LogP contribution in [-0.4, -0.2) is 108 Å². The van der Waals surface area contributed by atoms with Gasteiger partial charge in [-0.1, -0.05) is 113 Å². The Kier molecular flexibility index (Phi) is 32.8. The summed E-state index contributed by atoms with van der Waals surface area (Å²) >= 11 is 36.3. The summed E-state index contributed by atoms with van der Waals surface area (Å²) in [6.07, 6.45) is 21.7. The highest BCUT2D eigenvalue weighted by molar-refractivity contribution is 9.10. The van der Waals surface area contributed by atoms with Crippen molar-refractivity contribution in [2.75, 3.05) is 19.8 Å². The first-order chi connectivity index (χ1) is 56.7. The number of carbonyl (C=O) groups excluding carboxylic acids is 3. The van der Waals surface area contributed by atoms with Crippen molar-refractivity contribution in [1.29, 1.82) is 0 Å². The summed E-state index contributed by atoms with van der Waals surface area (Å²) in [7, 11) is 1.28. The smallest absolute Gasteiger partial charge is 0.341 e. The van der Waals surface area contributed by atoms with Gasteiger partial charge in [-0.3, -0.25) is 23.3 Å². The van der Waals surface area contributed by atoms with E-state index in [0.29, 0.717) is 66.5 Å². The summed E-state index contributed by atoms with van der Waals surface area (Å²) in [5.41, 5.74) is 3.19. The number of benzene rings is 7. The summed E-state index contributed by atoms with van der Waals surface area (Å²) in [4.78, 5) is 39.8. The average molecular weight is 1880 g/mol. The number of halogens is 13. The number of aryl methyl sites for hydroxylation is 4. The van der Waals surface area contributed by atoms with Gasteiger partial charge in [-0.25, -0.2) is 45.1 Å². The lowest BCUT2D eigenvalue weighted by Crippen LogP contribution is -2.07. The number of hydrogen-bond acceptors (Lipinski definition) is 14. The van der Waals surface area contributed by atoms with E-state index < -0.39 is 52.8 Å². The minimum atomic E-state index is -0.737. The number of aromatic amines is 1. The van der Waals surface area contributed by atoms with E-state index in [0.717, 1.165) is 57.5 Å². The molecule has 0 atom stereocenters. The van der Waals surface area contributed by atoms with Crippen LogP contribution in [0.15, 0.2) is 217 Å². The lowest BCUT2D eigenvalue weighted by molar-refractivity contribution is 0.0510. The van der Waals surface area contributed by atoms with Crippen molar-refractivity contribution in [3.63, 3.8) is 0 Å². The summed E-state index contributed by atoms with van der Waals surface area (Å²) in [5, 5.41) is 27.8. The van der Waals surface area contributed by atoms with E-state index in [1.54, 1.807) is 165 Å². The summed E-state index contributed by atoms with van der Waals surface area (Å²) < 4.78 is 129. The minimum Gasteiger partial charge on any atom is -0.462 e. The Morgan fingerprint density at radius 2 is 0.941 bits per heavy atom. The molecule has 1 aliphatic rings. The van der Waals surface area contributed by atoms with Crippen molar-refractivity contribution >= 4 is 183 Å². The first kappa shape index (κ1) is 91.0. The molecular formula is C82H73BBr2Cl4F7N12O7S3. The number of nitrogens with zero attached hydrogens (tertiary/aromatic N) is 11. The van der Waals surface area contributed by atoms with E-state index in [1.165, 1.54) is 56.7 Å². The number of thiol groups is 1. The molecule has 0 spiro atoms. The molecular weight excluding hydrogens is 1810 g/mol. The maximum atomic E-state index is 15.2. The second kappa shape index (κ2) is 42.5. The van der Waals surface area contributed by atoms with Gasteiger partial charge in [0.05, 0.1) is 130 Å². The van der Waals surface area contributed by atoms with E-state index in [2.05, 4.69) is 81.5 Å². The second-order valence-electron chi connectivity index (χ2n) is 25.0. The van der Waals surface area contributed by atoms with Crippen LogP contribution < -0.4 is 0 Å². The van der Waals surface area contributed by atoms with Crippen LogP contribution in [0.2, 0.25) is 25.9 Å². The van der Waals surface area contributed by atoms with Crippen molar-refractivity contribution in [2.45, 2.75) is 118 Å². The zero-order valence-corrected chi connectivity index (χ0v) is 72.6. The van der Waals surface area contributed by atoms with Crippen LogP contribution in [0.4, 0.5) is 30.7 Å². The molecule has 7 aromatic carbocycles. The quantitative estimate of drug-likeness (QED) is 0.0241. The predicted molar refractivity (Wildman–Crippen MR) is 459 cm³/mol. The van der Waals surface area contributed by atoms with E-state index in [-0.39, 0.29) is 88.1 Å². The third kappa shape index (κ3) is 21.8. The molecule has 615 valence electrons. The van der Waals surface area contributed by atoms with Gasteiger partial charge < -0.3 is 33.4 Å². The molecule has 16 rings (SSSR count). The number of hydrogen-bond donors (Lipinski definition) is 3. The molecule has 118 heavy (non-hydrogen) atoms. The molecule has 8 aromatic heterocycles. The van der Waals surface area contributed by atoms with E-state index in [4.69, 9.17) is 60.9 Å². The normalized spacial score (nSPS) is 11.4. The van der Waals surface area contributed by atoms with Crippen molar-refractivity contribution in [3.05, 3.63) is 270 Å². The number of carbonyl (C=O) groups is 3. The van der Waals surface area contributed by atoms with Crippen LogP contribution in [0, 0.1) is 40.7 Å². The van der Waals surface area contributed by atoms with Gasteiger partial charge in [-0.05, 0) is 171 Å². The maximum absolute atomic E-state index is 15.2. The van der Waals surface area contributed by atoms with Crippen molar-refractivity contribution in [1.82, 2.24) is 57.8 Å². The number of H-pyrrole nitrogens is 1. The largest absolute Gasteiger partial charge is 0.462 e. The Hall–Kier alpha value is -9.35. The number of aromatic nitrogens is 12. The first-order valence-electron chi connectivity index (χ1n) is 36.4. The standard InChI is InChI=1S/C22H17BrClF2N3O2S.C22H18ClF2N3O2S.C13H11ClFN3.C9H9FO2S.C8H5ClFN.C5H7BrN2.C3H6BO/c1-3-28-11-12(10-27-28)29-19-14(8-9-15(24)18(19)26)20(21(29)23)32-16-7-5-6-13(17(16)25)22(30)31-4-2;1-3-27-11-13(10-26-27)28-12-18(14-8-9-16(23)20(25)21(14)28)31-17-7-5-6-15(19(17)24)22(29)30-4-2;1-2-17-8-10(7-16-17)18-6-5-9-3-4-11(14)12(15)13(9)18;1-2-12-9(11)6-4-3-5-7(13)8(6)10;9-6-2-1-5-3-4-11-8(5)7(6)10;1-2-8-4-5(6)3-7-8;5-4-3-1-2-3/h5-11H,3-4H2,1-2H3;5-12H,3-4H2,1-2H3;3-8H,2H2,1H3;3-5,13H,2H2,1H3;1-4,11H;3-4H,2H2,1H3;3,5H,1-2H2. The Bertz CT molecular complexity index is 6060. The molecule has 15 aromatic rings. The summed E-state index contributed by atoms with van der Waals surface area (Å²) in [6.45, 7) is 16.5. The lowest BCUT2D eigenvalue weighted by atomic mass is 9.94. The molecule has 8 heterocycles. The fraction of sp³-hybridized carbons (Fsp3) is 0.207. The molecule has 19 nitrogen and oxygen atoms in total. The van der Waals surface area contributed by atoms with Crippen molar-refractivity contribution < 1.29 is 64.4 Å². The molecule has 1 fully saturated rings. The van der Waals surface area contributed by atoms with Gasteiger partial charge in [0.15, 0.2) is 40.7 Å². The molecule has 0 unspecified atom stereocenters. The number of nitrogens with one attached hydrogen (secondary N) is 1. The Labute approximate surface area is 724 Å².